The Labute approximate surface area is 68.1 Å². The summed E-state index contributed by atoms with van der Waals surface area (Å²) >= 11 is 0. The highest BCUT2D eigenvalue weighted by Gasteiger charge is 2.20. The average molecular weight is 174 g/mol. The lowest BCUT2D eigenvalue weighted by atomic mass is 10.3. The van der Waals surface area contributed by atoms with Gasteiger partial charge in [0, 0.05) is 6.20 Å². The minimum atomic E-state index is -2.82. The molecular weight excluding hydrogens is 166 g/mol. The first-order chi connectivity index (χ1) is 5.61. The van der Waals surface area contributed by atoms with E-state index in [-0.39, 0.29) is 5.69 Å². The van der Waals surface area contributed by atoms with Gasteiger partial charge in [0.2, 0.25) is 0 Å². The summed E-state index contributed by atoms with van der Waals surface area (Å²) in [5, 5.41) is 8.84. The Morgan fingerprint density at radius 3 is 2.42 bits per heavy atom. The quantitative estimate of drug-likeness (QED) is 0.729. The third-order valence-electron chi connectivity index (χ3n) is 1.34. The minimum Gasteiger partial charge on any atom is -0.381 e. The third-order valence-corrected chi connectivity index (χ3v) is 1.34. The van der Waals surface area contributed by atoms with E-state index >= 15 is 0 Å². The lowest BCUT2D eigenvalue weighted by Gasteiger charge is -2.07. The molecule has 1 rings (SSSR count). The maximum Gasteiger partial charge on any atom is 0.269 e. The van der Waals surface area contributed by atoms with Gasteiger partial charge in [-0.25, -0.2) is 8.78 Å². The summed E-state index contributed by atoms with van der Waals surface area (Å²) in [6.45, 7) is 1.69. The monoisotopic (exact) mass is 174 g/mol. The fourth-order valence-electron chi connectivity index (χ4n) is 0.684. The molecule has 66 valence electrons. The standard InChI is InChI=1S/C7H8F2N2O/c1-4-2-11-5(3-10-4)6(12)7(8)9/h2-3,6-7,12H,1H3. The normalized spacial score (nSPS) is 13.4. The van der Waals surface area contributed by atoms with E-state index in [1.807, 2.05) is 0 Å². The highest BCUT2D eigenvalue weighted by molar-refractivity contribution is 5.04. The lowest BCUT2D eigenvalue weighted by Crippen LogP contribution is -2.10. The number of aliphatic hydroxyl groups excluding tert-OH is 1. The Kier molecular flexibility index (Phi) is 2.65. The predicted octanol–water partition coefficient (Wildman–Crippen LogP) is 1.08. The van der Waals surface area contributed by atoms with Crippen molar-refractivity contribution in [2.45, 2.75) is 19.5 Å². The van der Waals surface area contributed by atoms with Crippen molar-refractivity contribution in [3.05, 3.63) is 23.8 Å². The Hall–Kier alpha value is -1.10. The first-order valence-electron chi connectivity index (χ1n) is 3.36. The zero-order chi connectivity index (χ0) is 9.14. The van der Waals surface area contributed by atoms with E-state index in [2.05, 4.69) is 9.97 Å². The highest BCUT2D eigenvalue weighted by Crippen LogP contribution is 2.16. The van der Waals surface area contributed by atoms with Crippen LogP contribution in [0.4, 0.5) is 8.78 Å². The molecule has 0 saturated heterocycles. The van der Waals surface area contributed by atoms with Gasteiger partial charge in [-0.2, -0.15) is 0 Å². The minimum absolute atomic E-state index is 0.101. The molecule has 1 atom stereocenters. The summed E-state index contributed by atoms with van der Waals surface area (Å²) in [6, 6.07) is 0. The summed E-state index contributed by atoms with van der Waals surface area (Å²) < 4.78 is 23.8. The topological polar surface area (TPSA) is 46.0 Å². The molecule has 0 saturated carbocycles. The van der Waals surface area contributed by atoms with Crippen LogP contribution >= 0.6 is 0 Å². The number of aliphatic hydroxyl groups is 1. The number of rotatable bonds is 2. The average Bonchev–Trinajstić information content (AvgIpc) is 2.04. The van der Waals surface area contributed by atoms with Crippen LogP contribution in [-0.4, -0.2) is 21.5 Å². The first-order valence-corrected chi connectivity index (χ1v) is 3.36. The molecule has 0 aliphatic rings. The van der Waals surface area contributed by atoms with Crippen LogP contribution in [0.25, 0.3) is 0 Å². The van der Waals surface area contributed by atoms with Crippen LogP contribution in [0, 0.1) is 6.92 Å². The number of hydrogen-bond donors (Lipinski definition) is 1. The van der Waals surface area contributed by atoms with Crippen molar-refractivity contribution < 1.29 is 13.9 Å². The van der Waals surface area contributed by atoms with Gasteiger partial charge in [-0.1, -0.05) is 0 Å². The van der Waals surface area contributed by atoms with Gasteiger partial charge in [0.25, 0.3) is 6.43 Å². The summed E-state index contributed by atoms with van der Waals surface area (Å²) in [5.41, 5.74) is 0.524. The zero-order valence-corrected chi connectivity index (χ0v) is 6.41. The Bertz CT molecular complexity index is 250. The SMILES string of the molecule is Cc1cnc(C(O)C(F)F)cn1. The van der Waals surface area contributed by atoms with Gasteiger partial charge in [-0.05, 0) is 6.92 Å². The van der Waals surface area contributed by atoms with E-state index < -0.39 is 12.5 Å². The van der Waals surface area contributed by atoms with E-state index in [0.717, 1.165) is 6.20 Å². The zero-order valence-electron chi connectivity index (χ0n) is 6.41. The number of aromatic nitrogens is 2. The fourth-order valence-corrected chi connectivity index (χ4v) is 0.684. The molecule has 1 aromatic rings. The fraction of sp³-hybridized carbons (Fsp3) is 0.429. The number of nitrogens with zero attached hydrogens (tertiary/aromatic N) is 2. The number of aryl methyl sites for hydroxylation is 1. The molecule has 1 heterocycles. The van der Waals surface area contributed by atoms with Crippen LogP contribution in [-0.2, 0) is 0 Å². The van der Waals surface area contributed by atoms with Crippen LogP contribution < -0.4 is 0 Å². The predicted molar refractivity (Wildman–Crippen MR) is 37.7 cm³/mol. The molecule has 12 heavy (non-hydrogen) atoms. The van der Waals surface area contributed by atoms with E-state index in [1.165, 1.54) is 6.20 Å². The van der Waals surface area contributed by atoms with Crippen molar-refractivity contribution in [3.8, 4) is 0 Å². The number of hydrogen-bond acceptors (Lipinski definition) is 3. The van der Waals surface area contributed by atoms with Crippen molar-refractivity contribution in [1.82, 2.24) is 9.97 Å². The van der Waals surface area contributed by atoms with Gasteiger partial charge in [0.15, 0.2) is 6.10 Å². The molecule has 0 amide bonds. The Balaban J connectivity index is 2.82. The van der Waals surface area contributed by atoms with E-state index in [4.69, 9.17) is 5.11 Å². The molecule has 1 N–H and O–H groups in total. The van der Waals surface area contributed by atoms with Crippen LogP contribution in [0.2, 0.25) is 0 Å². The molecule has 0 radical (unpaired) electrons. The van der Waals surface area contributed by atoms with Crippen LogP contribution in [0.3, 0.4) is 0 Å². The van der Waals surface area contributed by atoms with Crippen molar-refractivity contribution in [3.63, 3.8) is 0 Å². The van der Waals surface area contributed by atoms with E-state index in [1.54, 1.807) is 6.92 Å². The second kappa shape index (κ2) is 3.53. The highest BCUT2D eigenvalue weighted by atomic mass is 19.3. The summed E-state index contributed by atoms with van der Waals surface area (Å²) in [4.78, 5) is 7.33. The molecule has 0 aliphatic carbocycles. The molecule has 5 heteroatoms. The lowest BCUT2D eigenvalue weighted by molar-refractivity contribution is -0.00843. The first kappa shape index (κ1) is 8.99. The van der Waals surface area contributed by atoms with Crippen LogP contribution in [0.15, 0.2) is 12.4 Å². The largest absolute Gasteiger partial charge is 0.381 e. The van der Waals surface area contributed by atoms with Crippen molar-refractivity contribution in [2.24, 2.45) is 0 Å². The van der Waals surface area contributed by atoms with Crippen molar-refractivity contribution in [1.29, 1.82) is 0 Å². The van der Waals surface area contributed by atoms with Crippen molar-refractivity contribution >= 4 is 0 Å². The third kappa shape index (κ3) is 1.94. The van der Waals surface area contributed by atoms with Gasteiger partial charge in [0.1, 0.15) is 0 Å². The molecule has 0 fully saturated rings. The molecule has 0 spiro atoms. The maximum atomic E-state index is 11.9. The van der Waals surface area contributed by atoms with Gasteiger partial charge >= 0.3 is 0 Å². The summed E-state index contributed by atoms with van der Waals surface area (Å²) in [6.07, 6.45) is -2.17. The Morgan fingerprint density at radius 1 is 1.33 bits per heavy atom. The van der Waals surface area contributed by atoms with Crippen LogP contribution in [0.5, 0.6) is 0 Å². The molecular formula is C7H8F2N2O. The molecule has 0 bridgehead atoms. The molecule has 1 aromatic heterocycles. The van der Waals surface area contributed by atoms with E-state index in [0.29, 0.717) is 5.69 Å². The molecule has 1 unspecified atom stereocenters. The van der Waals surface area contributed by atoms with Crippen LogP contribution in [0.1, 0.15) is 17.5 Å². The Morgan fingerprint density at radius 2 is 2.00 bits per heavy atom. The molecule has 0 aromatic carbocycles. The summed E-state index contributed by atoms with van der Waals surface area (Å²) in [7, 11) is 0. The summed E-state index contributed by atoms with van der Waals surface area (Å²) in [5.74, 6) is 0. The van der Waals surface area contributed by atoms with Gasteiger partial charge in [-0.15, -0.1) is 0 Å². The second-order valence-electron chi connectivity index (χ2n) is 2.36. The molecule has 3 nitrogen and oxygen atoms in total. The second-order valence-corrected chi connectivity index (χ2v) is 2.36. The van der Waals surface area contributed by atoms with Gasteiger partial charge in [-0.3, -0.25) is 9.97 Å². The van der Waals surface area contributed by atoms with E-state index in [9.17, 15) is 8.78 Å². The number of halogens is 2. The van der Waals surface area contributed by atoms with Gasteiger partial charge in [0.05, 0.1) is 17.6 Å². The van der Waals surface area contributed by atoms with Gasteiger partial charge < -0.3 is 5.11 Å². The van der Waals surface area contributed by atoms with Crippen molar-refractivity contribution in [2.75, 3.05) is 0 Å². The molecule has 0 aliphatic heterocycles. The smallest absolute Gasteiger partial charge is 0.269 e. The number of alkyl halides is 2. The maximum absolute atomic E-state index is 11.9.